The van der Waals surface area contributed by atoms with Crippen molar-refractivity contribution < 1.29 is 40.7 Å². The third-order valence-corrected chi connectivity index (χ3v) is 5.38. The van der Waals surface area contributed by atoms with Gasteiger partial charge >= 0.3 is 12.4 Å². The van der Waals surface area contributed by atoms with Gasteiger partial charge in [-0.2, -0.15) is 26.3 Å². The number of halogens is 6. The van der Waals surface area contributed by atoms with Crippen molar-refractivity contribution >= 4 is 11.8 Å². The number of hydrogen-bond donors (Lipinski definition) is 1. The van der Waals surface area contributed by atoms with Gasteiger partial charge in [0.25, 0.3) is 11.8 Å². The molecule has 1 saturated heterocycles. The lowest BCUT2D eigenvalue weighted by Gasteiger charge is -2.32. The van der Waals surface area contributed by atoms with Crippen molar-refractivity contribution in [2.75, 3.05) is 19.7 Å². The Kier molecular flexibility index (Phi) is 7.42. The second-order valence-electron chi connectivity index (χ2n) is 7.79. The molecule has 2 amide bonds. The maximum absolute atomic E-state index is 13.0. The molecule has 5 nitrogen and oxygen atoms in total. The summed E-state index contributed by atoms with van der Waals surface area (Å²) in [5.74, 6) is -0.628. The van der Waals surface area contributed by atoms with Crippen LogP contribution in [0.5, 0.6) is 5.75 Å². The smallest absolute Gasteiger partial charge is 0.416 e. The van der Waals surface area contributed by atoms with E-state index in [4.69, 9.17) is 4.74 Å². The van der Waals surface area contributed by atoms with Crippen molar-refractivity contribution in [3.05, 3.63) is 64.7 Å². The van der Waals surface area contributed by atoms with Crippen LogP contribution in [0.1, 0.15) is 51.6 Å². The number of nitrogens with one attached hydrogen (secondary N) is 1. The van der Waals surface area contributed by atoms with Gasteiger partial charge in [0, 0.05) is 30.3 Å². The third kappa shape index (κ3) is 6.21. The molecule has 1 N–H and O–H groups in total. The molecule has 0 bridgehead atoms. The van der Waals surface area contributed by atoms with E-state index in [0.717, 1.165) is 0 Å². The van der Waals surface area contributed by atoms with Crippen molar-refractivity contribution in [2.45, 2.75) is 38.2 Å². The first-order valence-electron chi connectivity index (χ1n) is 10.5. The molecule has 2 aromatic rings. The average molecular weight is 488 g/mol. The number of rotatable bonds is 5. The van der Waals surface area contributed by atoms with Crippen LogP contribution in [0, 0.1) is 0 Å². The van der Waals surface area contributed by atoms with Crippen molar-refractivity contribution in [2.24, 2.45) is 0 Å². The van der Waals surface area contributed by atoms with E-state index in [9.17, 15) is 35.9 Å². The van der Waals surface area contributed by atoms with E-state index in [1.807, 2.05) is 6.92 Å². The van der Waals surface area contributed by atoms with Gasteiger partial charge in [-0.1, -0.05) is 0 Å². The number of likely N-dealkylation sites (tertiary alicyclic amines) is 1. The molecule has 0 aromatic heterocycles. The highest BCUT2D eigenvalue weighted by molar-refractivity contribution is 5.95. The molecule has 0 radical (unpaired) electrons. The summed E-state index contributed by atoms with van der Waals surface area (Å²) in [4.78, 5) is 26.7. The second-order valence-corrected chi connectivity index (χ2v) is 7.79. The quantitative estimate of drug-likeness (QED) is 0.592. The number of benzene rings is 2. The SMILES string of the molecule is CCOc1ccc(C(=O)N2CCC(NC(=O)c3cc(C(F)(F)F)cc(C(F)(F)F)c3)CC2)cc1. The number of alkyl halides is 6. The molecule has 0 spiro atoms. The lowest BCUT2D eigenvalue weighted by molar-refractivity contribution is -0.143. The second kappa shape index (κ2) is 9.94. The fourth-order valence-corrected chi connectivity index (χ4v) is 3.62. The fraction of sp³-hybridized carbons (Fsp3) is 0.391. The highest BCUT2D eigenvalue weighted by Crippen LogP contribution is 2.36. The first kappa shape index (κ1) is 25.4. The minimum absolute atomic E-state index is 0.0260. The van der Waals surface area contributed by atoms with E-state index in [1.54, 1.807) is 29.2 Å². The highest BCUT2D eigenvalue weighted by Gasteiger charge is 2.37. The molecular weight excluding hydrogens is 466 g/mol. The van der Waals surface area contributed by atoms with E-state index in [1.165, 1.54) is 0 Å². The van der Waals surface area contributed by atoms with E-state index >= 15 is 0 Å². The third-order valence-electron chi connectivity index (χ3n) is 5.38. The minimum atomic E-state index is -5.04. The van der Waals surface area contributed by atoms with Crippen LogP contribution in [-0.2, 0) is 12.4 Å². The van der Waals surface area contributed by atoms with Crippen LogP contribution in [0.25, 0.3) is 0 Å². The van der Waals surface area contributed by atoms with Crippen molar-refractivity contribution in [3.8, 4) is 5.75 Å². The molecule has 0 saturated carbocycles. The number of amides is 2. The van der Waals surface area contributed by atoms with Crippen molar-refractivity contribution in [1.82, 2.24) is 10.2 Å². The normalized spacial score (nSPS) is 15.2. The molecular formula is C23H22F6N2O3. The van der Waals surface area contributed by atoms with Gasteiger partial charge in [-0.15, -0.1) is 0 Å². The number of hydrogen-bond acceptors (Lipinski definition) is 3. The predicted octanol–water partition coefficient (Wildman–Crippen LogP) is 5.16. The Bertz CT molecular complexity index is 994. The molecule has 0 aliphatic carbocycles. The summed E-state index contributed by atoms with van der Waals surface area (Å²) in [5, 5.41) is 2.49. The zero-order chi connectivity index (χ0) is 25.1. The summed E-state index contributed by atoms with van der Waals surface area (Å²) >= 11 is 0. The summed E-state index contributed by atoms with van der Waals surface area (Å²) < 4.78 is 83.5. The average Bonchev–Trinajstić information content (AvgIpc) is 2.78. The maximum atomic E-state index is 13.0. The Labute approximate surface area is 191 Å². The van der Waals surface area contributed by atoms with Crippen LogP contribution >= 0.6 is 0 Å². The summed E-state index contributed by atoms with van der Waals surface area (Å²) in [7, 11) is 0. The van der Waals surface area contributed by atoms with Gasteiger partial charge in [0.15, 0.2) is 0 Å². The van der Waals surface area contributed by atoms with Gasteiger partial charge in [0.1, 0.15) is 5.75 Å². The van der Waals surface area contributed by atoms with Crippen LogP contribution in [0.15, 0.2) is 42.5 Å². The number of carbonyl (C=O) groups is 2. The van der Waals surface area contributed by atoms with Gasteiger partial charge in [-0.3, -0.25) is 9.59 Å². The van der Waals surface area contributed by atoms with Crippen molar-refractivity contribution in [3.63, 3.8) is 0 Å². The number of carbonyl (C=O) groups excluding carboxylic acids is 2. The lowest BCUT2D eigenvalue weighted by Crippen LogP contribution is -2.46. The molecule has 1 fully saturated rings. The summed E-state index contributed by atoms with van der Waals surface area (Å²) in [5.41, 5.74) is -3.38. The number of nitrogens with zero attached hydrogens (tertiary/aromatic N) is 1. The van der Waals surface area contributed by atoms with Crippen molar-refractivity contribution in [1.29, 1.82) is 0 Å². The fourth-order valence-electron chi connectivity index (χ4n) is 3.62. The Morgan fingerprint density at radius 3 is 1.91 bits per heavy atom. The highest BCUT2D eigenvalue weighted by atomic mass is 19.4. The van der Waals surface area contributed by atoms with Gasteiger partial charge in [0.2, 0.25) is 0 Å². The Balaban J connectivity index is 1.64. The Morgan fingerprint density at radius 1 is 0.912 bits per heavy atom. The summed E-state index contributed by atoms with van der Waals surface area (Å²) in [6.07, 6.45) is -9.47. The molecule has 0 unspecified atom stereocenters. The minimum Gasteiger partial charge on any atom is -0.494 e. The first-order valence-corrected chi connectivity index (χ1v) is 10.5. The van der Waals surface area contributed by atoms with Crippen LogP contribution in [0.3, 0.4) is 0 Å². The van der Waals surface area contributed by atoms with Crippen LogP contribution < -0.4 is 10.1 Å². The van der Waals surface area contributed by atoms with E-state index in [-0.39, 0.29) is 25.1 Å². The van der Waals surface area contributed by atoms with E-state index < -0.39 is 41.0 Å². The molecule has 2 aromatic carbocycles. The molecule has 34 heavy (non-hydrogen) atoms. The zero-order valence-electron chi connectivity index (χ0n) is 18.1. The van der Waals surface area contributed by atoms with Crippen LogP contribution in [0.4, 0.5) is 26.3 Å². The van der Waals surface area contributed by atoms with Gasteiger partial charge in [-0.25, -0.2) is 0 Å². The molecule has 3 rings (SSSR count). The van der Waals surface area contributed by atoms with Crippen LogP contribution in [-0.4, -0.2) is 42.5 Å². The lowest BCUT2D eigenvalue weighted by atomic mass is 10.0. The molecule has 184 valence electrons. The molecule has 1 aliphatic heterocycles. The molecule has 1 heterocycles. The maximum Gasteiger partial charge on any atom is 0.416 e. The molecule has 11 heteroatoms. The summed E-state index contributed by atoms with van der Waals surface area (Å²) in [6, 6.07) is 6.88. The molecule has 1 aliphatic rings. The predicted molar refractivity (Wildman–Crippen MR) is 110 cm³/mol. The monoisotopic (exact) mass is 488 g/mol. The standard InChI is InChI=1S/C23H22F6N2O3/c1-2-34-19-5-3-14(4-6-19)21(33)31-9-7-18(8-10-31)30-20(32)15-11-16(22(24,25)26)13-17(12-15)23(27,28)29/h3-6,11-13,18H,2,7-10H2,1H3,(H,30,32). The summed E-state index contributed by atoms with van der Waals surface area (Å²) in [6.45, 7) is 2.87. The number of ether oxygens (including phenoxy) is 1. The first-order chi connectivity index (χ1) is 15.9. The van der Waals surface area contributed by atoms with Crippen LogP contribution in [0.2, 0.25) is 0 Å². The topological polar surface area (TPSA) is 58.6 Å². The largest absolute Gasteiger partial charge is 0.494 e. The Morgan fingerprint density at radius 2 is 1.44 bits per heavy atom. The van der Waals surface area contributed by atoms with E-state index in [0.29, 0.717) is 42.9 Å². The van der Waals surface area contributed by atoms with E-state index in [2.05, 4.69) is 5.32 Å². The van der Waals surface area contributed by atoms with Gasteiger partial charge in [0.05, 0.1) is 17.7 Å². The number of piperidine rings is 1. The molecule has 0 atom stereocenters. The zero-order valence-corrected chi connectivity index (χ0v) is 18.1. The Hall–Kier alpha value is -3.24. The van der Waals surface area contributed by atoms with Gasteiger partial charge in [-0.05, 0) is 62.2 Å². The van der Waals surface area contributed by atoms with Gasteiger partial charge < -0.3 is 15.0 Å².